The van der Waals surface area contributed by atoms with Gasteiger partial charge in [0.2, 0.25) is 0 Å². The number of rotatable bonds is 4. The highest BCUT2D eigenvalue weighted by atomic mass is 16.5. The van der Waals surface area contributed by atoms with Gasteiger partial charge in [-0.15, -0.1) is 0 Å². The van der Waals surface area contributed by atoms with Crippen molar-refractivity contribution in [2.75, 3.05) is 13.7 Å². The number of ether oxygens (including phenoxy) is 1. The van der Waals surface area contributed by atoms with E-state index in [-0.39, 0.29) is 6.04 Å². The van der Waals surface area contributed by atoms with Gasteiger partial charge in [0, 0.05) is 13.2 Å². The van der Waals surface area contributed by atoms with E-state index < -0.39 is 0 Å². The molecule has 3 heterocycles. The Balaban J connectivity index is 1.78. The quantitative estimate of drug-likeness (QED) is 0.874. The lowest BCUT2D eigenvalue weighted by molar-refractivity contribution is 0.156. The summed E-state index contributed by atoms with van der Waals surface area (Å²) in [6.45, 7) is 1.37. The summed E-state index contributed by atoms with van der Waals surface area (Å²) in [5.41, 5.74) is 0.541. The third kappa shape index (κ3) is 2.14. The normalized spacial score (nSPS) is 19.5. The van der Waals surface area contributed by atoms with Crippen molar-refractivity contribution in [3.63, 3.8) is 0 Å². The van der Waals surface area contributed by atoms with Gasteiger partial charge in [-0.05, 0) is 19.4 Å². The maximum atomic E-state index is 5.19. The average Bonchev–Trinajstić information content (AvgIpc) is 3.10. The van der Waals surface area contributed by atoms with Crippen LogP contribution in [0.1, 0.15) is 30.5 Å². The molecule has 0 aromatic carbocycles. The molecule has 0 aliphatic carbocycles. The van der Waals surface area contributed by atoms with Crippen LogP contribution < -0.4 is 5.32 Å². The Labute approximate surface area is 103 Å². The Morgan fingerprint density at radius 1 is 1.44 bits per heavy atom. The van der Waals surface area contributed by atoms with Gasteiger partial charge in [0.15, 0.2) is 17.3 Å². The number of nitrogens with zero attached hydrogens (tertiary/aromatic N) is 3. The van der Waals surface area contributed by atoms with Crippen LogP contribution in [0.2, 0.25) is 0 Å². The molecular weight excluding hydrogens is 236 g/mol. The lowest BCUT2D eigenvalue weighted by Gasteiger charge is -2.01. The van der Waals surface area contributed by atoms with Crippen molar-refractivity contribution in [2.24, 2.45) is 0 Å². The second-order valence-electron chi connectivity index (χ2n) is 4.22. The second-order valence-corrected chi connectivity index (χ2v) is 4.22. The fourth-order valence-electron chi connectivity index (χ4n) is 2.01. The minimum absolute atomic E-state index is 0.188. The van der Waals surface area contributed by atoms with Gasteiger partial charge < -0.3 is 19.1 Å². The Hall–Kier alpha value is -1.73. The smallest absolute Gasteiger partial charge is 0.280 e. The maximum Gasteiger partial charge on any atom is 0.280 e. The SMILES string of the molecule is COCc1cc(-c2nc(C3CCCN3)no2)no1. The van der Waals surface area contributed by atoms with Crippen molar-refractivity contribution in [2.45, 2.75) is 25.5 Å². The predicted octanol–water partition coefficient (Wildman–Crippen LogP) is 1.30. The molecule has 2 aromatic rings. The fraction of sp³-hybridized carbons (Fsp3) is 0.545. The summed E-state index contributed by atoms with van der Waals surface area (Å²) in [6, 6.07) is 1.93. The van der Waals surface area contributed by atoms with Crippen LogP contribution in [0.25, 0.3) is 11.6 Å². The average molecular weight is 250 g/mol. The molecule has 0 bridgehead atoms. The van der Waals surface area contributed by atoms with Crippen molar-refractivity contribution < 1.29 is 13.8 Å². The Bertz CT molecular complexity index is 516. The number of aromatic nitrogens is 3. The number of hydrogen-bond donors (Lipinski definition) is 1. The van der Waals surface area contributed by atoms with Gasteiger partial charge in [-0.3, -0.25) is 0 Å². The third-order valence-corrected chi connectivity index (χ3v) is 2.88. The summed E-state index contributed by atoms with van der Waals surface area (Å²) in [5.74, 6) is 1.69. The van der Waals surface area contributed by atoms with Crippen LogP contribution in [0.3, 0.4) is 0 Å². The van der Waals surface area contributed by atoms with E-state index in [4.69, 9.17) is 13.8 Å². The zero-order chi connectivity index (χ0) is 12.4. The molecule has 3 rings (SSSR count). The summed E-state index contributed by atoms with van der Waals surface area (Å²) in [7, 11) is 1.60. The topological polar surface area (TPSA) is 86.2 Å². The number of nitrogens with one attached hydrogen (secondary N) is 1. The zero-order valence-electron chi connectivity index (χ0n) is 10.0. The first kappa shape index (κ1) is 11.4. The van der Waals surface area contributed by atoms with Gasteiger partial charge in [-0.1, -0.05) is 10.3 Å². The van der Waals surface area contributed by atoms with E-state index in [2.05, 4.69) is 20.6 Å². The standard InChI is InChI=1S/C11H14N4O3/c1-16-6-7-5-9(14-17-7)11-13-10(15-18-11)8-3-2-4-12-8/h5,8,12H,2-4,6H2,1H3. The lowest BCUT2D eigenvalue weighted by atomic mass is 10.2. The molecule has 7 nitrogen and oxygen atoms in total. The molecule has 96 valence electrons. The minimum atomic E-state index is 0.188. The van der Waals surface area contributed by atoms with Crippen molar-refractivity contribution in [3.05, 3.63) is 17.7 Å². The molecule has 1 saturated heterocycles. The molecule has 18 heavy (non-hydrogen) atoms. The van der Waals surface area contributed by atoms with Crippen molar-refractivity contribution in [3.8, 4) is 11.6 Å². The summed E-state index contributed by atoms with van der Waals surface area (Å²) in [4.78, 5) is 4.33. The van der Waals surface area contributed by atoms with E-state index in [1.807, 2.05) is 0 Å². The molecule has 1 aliphatic heterocycles. The molecule has 0 spiro atoms. The van der Waals surface area contributed by atoms with Crippen LogP contribution in [-0.4, -0.2) is 29.0 Å². The largest absolute Gasteiger partial charge is 0.377 e. The molecule has 1 N–H and O–H groups in total. The first-order valence-electron chi connectivity index (χ1n) is 5.88. The highest BCUT2D eigenvalue weighted by molar-refractivity contribution is 5.45. The second kappa shape index (κ2) is 4.87. The van der Waals surface area contributed by atoms with Crippen LogP contribution in [0, 0.1) is 0 Å². The van der Waals surface area contributed by atoms with Gasteiger partial charge >= 0.3 is 0 Å². The van der Waals surface area contributed by atoms with Gasteiger partial charge in [-0.2, -0.15) is 4.98 Å². The fourth-order valence-corrected chi connectivity index (χ4v) is 2.01. The van der Waals surface area contributed by atoms with Crippen molar-refractivity contribution in [1.82, 2.24) is 20.6 Å². The highest BCUT2D eigenvalue weighted by Crippen LogP contribution is 2.23. The highest BCUT2D eigenvalue weighted by Gasteiger charge is 2.23. The summed E-state index contributed by atoms with van der Waals surface area (Å²) >= 11 is 0. The van der Waals surface area contributed by atoms with Gasteiger partial charge in [0.25, 0.3) is 5.89 Å². The van der Waals surface area contributed by atoms with Crippen LogP contribution in [0.4, 0.5) is 0 Å². The van der Waals surface area contributed by atoms with E-state index in [9.17, 15) is 0 Å². The van der Waals surface area contributed by atoms with Gasteiger partial charge in [-0.25, -0.2) is 0 Å². The Morgan fingerprint density at radius 3 is 3.17 bits per heavy atom. The molecule has 7 heteroatoms. The summed E-state index contributed by atoms with van der Waals surface area (Å²) < 4.78 is 15.2. The van der Waals surface area contributed by atoms with Crippen LogP contribution in [0.15, 0.2) is 15.1 Å². The molecule has 0 amide bonds. The molecule has 1 fully saturated rings. The van der Waals surface area contributed by atoms with Crippen LogP contribution >= 0.6 is 0 Å². The lowest BCUT2D eigenvalue weighted by Crippen LogP contribution is -2.14. The number of methoxy groups -OCH3 is 1. The van der Waals surface area contributed by atoms with E-state index >= 15 is 0 Å². The number of hydrogen-bond acceptors (Lipinski definition) is 7. The van der Waals surface area contributed by atoms with Gasteiger partial charge in [0.05, 0.1) is 6.04 Å². The zero-order valence-corrected chi connectivity index (χ0v) is 10.0. The molecule has 0 radical (unpaired) electrons. The van der Waals surface area contributed by atoms with E-state index in [0.29, 0.717) is 29.8 Å². The molecule has 0 saturated carbocycles. The monoisotopic (exact) mass is 250 g/mol. The molecule has 1 unspecified atom stereocenters. The van der Waals surface area contributed by atoms with Crippen LogP contribution in [0.5, 0.6) is 0 Å². The first-order valence-corrected chi connectivity index (χ1v) is 5.88. The summed E-state index contributed by atoms with van der Waals surface area (Å²) in [6.07, 6.45) is 2.17. The predicted molar refractivity (Wildman–Crippen MR) is 60.5 cm³/mol. The van der Waals surface area contributed by atoms with Crippen molar-refractivity contribution >= 4 is 0 Å². The maximum absolute atomic E-state index is 5.19. The first-order chi connectivity index (χ1) is 8.86. The minimum Gasteiger partial charge on any atom is -0.377 e. The van der Waals surface area contributed by atoms with E-state index in [1.165, 1.54) is 0 Å². The molecule has 2 aromatic heterocycles. The van der Waals surface area contributed by atoms with Crippen LogP contribution in [-0.2, 0) is 11.3 Å². The van der Waals surface area contributed by atoms with Crippen molar-refractivity contribution in [1.29, 1.82) is 0 Å². The summed E-state index contributed by atoms with van der Waals surface area (Å²) in [5, 5.41) is 11.2. The third-order valence-electron chi connectivity index (χ3n) is 2.88. The van der Waals surface area contributed by atoms with E-state index in [0.717, 1.165) is 19.4 Å². The van der Waals surface area contributed by atoms with Gasteiger partial charge in [0.1, 0.15) is 6.61 Å². The van der Waals surface area contributed by atoms with E-state index in [1.54, 1.807) is 13.2 Å². The Kier molecular flexibility index (Phi) is 3.07. The Morgan fingerprint density at radius 2 is 2.39 bits per heavy atom. The molecular formula is C11H14N4O3. The molecule has 1 aliphatic rings. The molecule has 1 atom stereocenters.